The van der Waals surface area contributed by atoms with Crippen molar-refractivity contribution in [1.82, 2.24) is 4.90 Å². The normalized spacial score (nSPS) is 40.4. The van der Waals surface area contributed by atoms with E-state index in [4.69, 9.17) is 0 Å². The number of aliphatic hydroxyl groups is 1. The van der Waals surface area contributed by atoms with Crippen molar-refractivity contribution < 1.29 is 5.11 Å². The van der Waals surface area contributed by atoms with E-state index >= 15 is 0 Å². The third-order valence-electron chi connectivity index (χ3n) is 5.06. The van der Waals surface area contributed by atoms with Crippen molar-refractivity contribution in [2.75, 3.05) is 13.1 Å². The molecule has 1 saturated carbocycles. The third-order valence-corrected chi connectivity index (χ3v) is 5.06. The second-order valence-electron chi connectivity index (χ2n) is 6.13. The second-order valence-corrected chi connectivity index (χ2v) is 6.13. The first-order chi connectivity index (χ1) is 8.24. The van der Waals surface area contributed by atoms with E-state index in [-0.39, 0.29) is 6.10 Å². The van der Waals surface area contributed by atoms with Crippen LogP contribution in [0.2, 0.25) is 0 Å². The lowest BCUT2D eigenvalue weighted by molar-refractivity contribution is -0.0151. The Morgan fingerprint density at radius 1 is 1.06 bits per heavy atom. The Bertz CT molecular complexity index is 231. The first kappa shape index (κ1) is 13.4. The van der Waals surface area contributed by atoms with E-state index in [1.54, 1.807) is 0 Å². The van der Waals surface area contributed by atoms with E-state index in [9.17, 15) is 5.11 Å². The van der Waals surface area contributed by atoms with Crippen LogP contribution < -0.4 is 0 Å². The summed E-state index contributed by atoms with van der Waals surface area (Å²) in [6.07, 6.45) is 8.74. The Kier molecular flexibility index (Phi) is 4.87. The van der Waals surface area contributed by atoms with Gasteiger partial charge in [0.2, 0.25) is 0 Å². The zero-order valence-electron chi connectivity index (χ0n) is 11.6. The van der Waals surface area contributed by atoms with Gasteiger partial charge in [-0.05, 0) is 50.5 Å². The molecule has 1 heterocycles. The van der Waals surface area contributed by atoms with Crippen molar-refractivity contribution in [2.24, 2.45) is 11.8 Å². The van der Waals surface area contributed by atoms with Crippen LogP contribution in [-0.4, -0.2) is 35.2 Å². The molecule has 2 fully saturated rings. The number of rotatable bonds is 3. The van der Waals surface area contributed by atoms with Gasteiger partial charge in [-0.3, -0.25) is 4.90 Å². The fourth-order valence-corrected chi connectivity index (χ4v) is 3.71. The van der Waals surface area contributed by atoms with Crippen molar-refractivity contribution in [2.45, 2.75) is 70.9 Å². The van der Waals surface area contributed by atoms with E-state index in [0.29, 0.717) is 6.04 Å². The molecule has 4 unspecified atom stereocenters. The molecule has 0 bridgehead atoms. The number of likely N-dealkylation sites (tertiary alicyclic amines) is 1. The maximum Gasteiger partial charge on any atom is 0.0695 e. The highest BCUT2D eigenvalue weighted by molar-refractivity contribution is 4.88. The molecule has 2 heteroatoms. The molecular formula is C15H29NO. The number of hydrogen-bond donors (Lipinski definition) is 1. The van der Waals surface area contributed by atoms with Gasteiger partial charge in [-0.25, -0.2) is 0 Å². The SMILES string of the molecule is CCC1CCC(O)C(N2CCCC(CC)C2)C1. The number of piperidine rings is 1. The van der Waals surface area contributed by atoms with Gasteiger partial charge in [-0.15, -0.1) is 0 Å². The molecule has 2 nitrogen and oxygen atoms in total. The molecule has 1 aliphatic carbocycles. The highest BCUT2D eigenvalue weighted by atomic mass is 16.3. The fourth-order valence-electron chi connectivity index (χ4n) is 3.71. The third kappa shape index (κ3) is 3.23. The maximum atomic E-state index is 10.3. The van der Waals surface area contributed by atoms with Gasteiger partial charge in [0.05, 0.1) is 6.10 Å². The molecular weight excluding hydrogens is 210 g/mol. The summed E-state index contributed by atoms with van der Waals surface area (Å²) in [5, 5.41) is 10.3. The molecule has 2 rings (SSSR count). The molecule has 100 valence electrons. The Balaban J connectivity index is 1.94. The number of aliphatic hydroxyl groups excluding tert-OH is 1. The quantitative estimate of drug-likeness (QED) is 0.818. The van der Waals surface area contributed by atoms with Gasteiger partial charge in [0.1, 0.15) is 0 Å². The van der Waals surface area contributed by atoms with Crippen LogP contribution >= 0.6 is 0 Å². The lowest BCUT2D eigenvalue weighted by Crippen LogP contribution is -2.51. The molecule has 1 aliphatic heterocycles. The fraction of sp³-hybridized carbons (Fsp3) is 1.00. The summed E-state index contributed by atoms with van der Waals surface area (Å²) < 4.78 is 0. The standard InChI is InChI=1S/C15H29NO/c1-3-12-7-8-15(17)14(10-12)16-9-5-6-13(4-2)11-16/h12-15,17H,3-11H2,1-2H3. The predicted octanol–water partition coefficient (Wildman–Crippen LogP) is 3.05. The van der Waals surface area contributed by atoms with Gasteiger partial charge < -0.3 is 5.11 Å². The summed E-state index contributed by atoms with van der Waals surface area (Å²) in [5.74, 6) is 1.73. The van der Waals surface area contributed by atoms with Crippen LogP contribution in [0.25, 0.3) is 0 Å². The van der Waals surface area contributed by atoms with Crippen molar-refractivity contribution in [3.05, 3.63) is 0 Å². The predicted molar refractivity (Wildman–Crippen MR) is 72.0 cm³/mol. The van der Waals surface area contributed by atoms with Crippen molar-refractivity contribution in [1.29, 1.82) is 0 Å². The summed E-state index contributed by atoms with van der Waals surface area (Å²) in [6.45, 7) is 7.05. The topological polar surface area (TPSA) is 23.5 Å². The van der Waals surface area contributed by atoms with Gasteiger partial charge in [0.25, 0.3) is 0 Å². The van der Waals surface area contributed by atoms with Crippen LogP contribution in [0, 0.1) is 11.8 Å². The molecule has 0 aromatic rings. The summed E-state index contributed by atoms with van der Waals surface area (Å²) in [4.78, 5) is 2.60. The average Bonchev–Trinajstić information content (AvgIpc) is 2.39. The van der Waals surface area contributed by atoms with Crippen molar-refractivity contribution in [3.63, 3.8) is 0 Å². The molecule has 1 saturated heterocycles. The van der Waals surface area contributed by atoms with Crippen molar-refractivity contribution in [3.8, 4) is 0 Å². The first-order valence-corrected chi connectivity index (χ1v) is 7.66. The van der Waals surface area contributed by atoms with Crippen LogP contribution in [0.3, 0.4) is 0 Å². The first-order valence-electron chi connectivity index (χ1n) is 7.66. The Morgan fingerprint density at radius 3 is 2.53 bits per heavy atom. The van der Waals surface area contributed by atoms with Crippen molar-refractivity contribution >= 4 is 0 Å². The molecule has 4 atom stereocenters. The minimum atomic E-state index is -0.0617. The zero-order valence-corrected chi connectivity index (χ0v) is 11.6. The Labute approximate surface area is 106 Å². The molecule has 1 N–H and O–H groups in total. The Hall–Kier alpha value is -0.0800. The van der Waals surface area contributed by atoms with Gasteiger partial charge >= 0.3 is 0 Å². The smallest absolute Gasteiger partial charge is 0.0695 e. The lowest BCUT2D eigenvalue weighted by Gasteiger charge is -2.44. The minimum Gasteiger partial charge on any atom is -0.391 e. The van der Waals surface area contributed by atoms with Crippen LogP contribution in [0.1, 0.15) is 58.8 Å². The van der Waals surface area contributed by atoms with Crippen LogP contribution in [0.5, 0.6) is 0 Å². The van der Waals surface area contributed by atoms with Gasteiger partial charge in [0, 0.05) is 12.6 Å². The highest BCUT2D eigenvalue weighted by Crippen LogP contribution is 2.32. The summed E-state index contributed by atoms with van der Waals surface area (Å²) >= 11 is 0. The molecule has 2 aliphatic rings. The van der Waals surface area contributed by atoms with E-state index in [2.05, 4.69) is 18.7 Å². The molecule has 0 amide bonds. The summed E-state index contributed by atoms with van der Waals surface area (Å²) in [7, 11) is 0. The van der Waals surface area contributed by atoms with E-state index in [1.807, 2.05) is 0 Å². The summed E-state index contributed by atoms with van der Waals surface area (Å²) in [5.41, 5.74) is 0. The number of hydrogen-bond acceptors (Lipinski definition) is 2. The summed E-state index contributed by atoms with van der Waals surface area (Å²) in [6, 6.07) is 0.461. The molecule has 0 radical (unpaired) electrons. The minimum absolute atomic E-state index is 0.0617. The van der Waals surface area contributed by atoms with Gasteiger partial charge in [0.15, 0.2) is 0 Å². The zero-order chi connectivity index (χ0) is 12.3. The largest absolute Gasteiger partial charge is 0.391 e. The molecule has 0 aromatic carbocycles. The van der Waals surface area contributed by atoms with Gasteiger partial charge in [-0.2, -0.15) is 0 Å². The Morgan fingerprint density at radius 2 is 1.82 bits per heavy atom. The molecule has 17 heavy (non-hydrogen) atoms. The van der Waals surface area contributed by atoms with Crippen LogP contribution in [-0.2, 0) is 0 Å². The van der Waals surface area contributed by atoms with Gasteiger partial charge in [-0.1, -0.05) is 26.7 Å². The van der Waals surface area contributed by atoms with Crippen LogP contribution in [0.4, 0.5) is 0 Å². The molecule has 0 spiro atoms. The average molecular weight is 239 g/mol. The van der Waals surface area contributed by atoms with E-state index in [1.165, 1.54) is 51.6 Å². The lowest BCUT2D eigenvalue weighted by atomic mass is 9.80. The van der Waals surface area contributed by atoms with E-state index < -0.39 is 0 Å². The monoisotopic (exact) mass is 239 g/mol. The van der Waals surface area contributed by atoms with Crippen LogP contribution in [0.15, 0.2) is 0 Å². The molecule has 0 aromatic heterocycles. The second kappa shape index (κ2) is 6.19. The van der Waals surface area contributed by atoms with E-state index in [0.717, 1.165) is 18.3 Å². The highest BCUT2D eigenvalue weighted by Gasteiger charge is 2.34. The maximum absolute atomic E-state index is 10.3. The number of nitrogens with zero attached hydrogens (tertiary/aromatic N) is 1.